The van der Waals surface area contributed by atoms with Crippen LogP contribution in [0.1, 0.15) is 59.3 Å². The van der Waals surface area contributed by atoms with E-state index in [4.69, 9.17) is 5.11 Å². The van der Waals surface area contributed by atoms with E-state index in [0.29, 0.717) is 13.1 Å². The van der Waals surface area contributed by atoms with Crippen molar-refractivity contribution in [3.8, 4) is 0 Å². The van der Waals surface area contributed by atoms with E-state index >= 15 is 0 Å². The molecule has 0 saturated heterocycles. The highest BCUT2D eigenvalue weighted by atomic mass is 16.4. The van der Waals surface area contributed by atoms with Gasteiger partial charge in [0.2, 0.25) is 0 Å². The van der Waals surface area contributed by atoms with Crippen LogP contribution >= 0.6 is 0 Å². The van der Waals surface area contributed by atoms with Crippen molar-refractivity contribution in [3.63, 3.8) is 0 Å². The van der Waals surface area contributed by atoms with Crippen molar-refractivity contribution in [2.24, 2.45) is 5.92 Å². The molecule has 16 heavy (non-hydrogen) atoms. The SMILES string of the molecule is CCCCN(CCCCCC(C)C)C(=O)O. The van der Waals surface area contributed by atoms with Crippen LogP contribution in [0.4, 0.5) is 4.79 Å². The molecule has 0 aliphatic heterocycles. The van der Waals surface area contributed by atoms with E-state index in [0.717, 1.165) is 31.6 Å². The highest BCUT2D eigenvalue weighted by Gasteiger charge is 2.09. The zero-order chi connectivity index (χ0) is 12.4. The second kappa shape index (κ2) is 9.49. The predicted molar refractivity (Wildman–Crippen MR) is 67.8 cm³/mol. The average molecular weight is 229 g/mol. The Labute approximate surface area is 99.8 Å². The maximum Gasteiger partial charge on any atom is 0.407 e. The largest absolute Gasteiger partial charge is 0.465 e. The summed E-state index contributed by atoms with van der Waals surface area (Å²) in [6, 6.07) is 0. The molecule has 0 aromatic rings. The van der Waals surface area contributed by atoms with Gasteiger partial charge in [0, 0.05) is 13.1 Å². The van der Waals surface area contributed by atoms with Gasteiger partial charge in [0.05, 0.1) is 0 Å². The fourth-order valence-corrected chi connectivity index (χ4v) is 1.68. The molecule has 0 aromatic carbocycles. The number of hydrogen-bond acceptors (Lipinski definition) is 1. The minimum absolute atomic E-state index is 0.690. The highest BCUT2D eigenvalue weighted by molar-refractivity contribution is 5.64. The van der Waals surface area contributed by atoms with Crippen molar-refractivity contribution in [1.82, 2.24) is 4.90 Å². The van der Waals surface area contributed by atoms with Crippen LogP contribution in [0.5, 0.6) is 0 Å². The van der Waals surface area contributed by atoms with Crippen LogP contribution in [0.25, 0.3) is 0 Å². The Morgan fingerprint density at radius 2 is 1.75 bits per heavy atom. The minimum Gasteiger partial charge on any atom is -0.465 e. The maximum absolute atomic E-state index is 10.9. The first kappa shape index (κ1) is 15.3. The van der Waals surface area contributed by atoms with Crippen LogP contribution in [0.2, 0.25) is 0 Å². The second-order valence-electron chi connectivity index (χ2n) is 4.87. The number of amides is 1. The molecular formula is C13H27NO2. The van der Waals surface area contributed by atoms with Crippen molar-refractivity contribution in [2.45, 2.75) is 59.3 Å². The number of carboxylic acid groups (broad SMARTS) is 1. The Bertz CT molecular complexity index is 181. The van der Waals surface area contributed by atoms with Crippen LogP contribution in [0.15, 0.2) is 0 Å². The first-order chi connectivity index (χ1) is 7.57. The van der Waals surface area contributed by atoms with Crippen molar-refractivity contribution >= 4 is 6.09 Å². The zero-order valence-electron chi connectivity index (χ0n) is 11.0. The summed E-state index contributed by atoms with van der Waals surface area (Å²) in [6.07, 6.45) is 5.88. The average Bonchev–Trinajstić information content (AvgIpc) is 2.21. The van der Waals surface area contributed by atoms with Gasteiger partial charge in [-0.05, 0) is 18.8 Å². The van der Waals surface area contributed by atoms with E-state index in [-0.39, 0.29) is 0 Å². The van der Waals surface area contributed by atoms with E-state index in [1.165, 1.54) is 12.8 Å². The predicted octanol–water partition coefficient (Wildman–Crippen LogP) is 3.98. The molecule has 0 aliphatic carbocycles. The molecule has 0 heterocycles. The molecular weight excluding hydrogens is 202 g/mol. The Morgan fingerprint density at radius 1 is 1.12 bits per heavy atom. The van der Waals surface area contributed by atoms with Gasteiger partial charge in [-0.2, -0.15) is 0 Å². The zero-order valence-corrected chi connectivity index (χ0v) is 11.0. The Morgan fingerprint density at radius 3 is 2.25 bits per heavy atom. The Hall–Kier alpha value is -0.730. The molecule has 0 radical (unpaired) electrons. The molecule has 96 valence electrons. The molecule has 0 bridgehead atoms. The summed E-state index contributed by atoms with van der Waals surface area (Å²) in [4.78, 5) is 12.5. The fourth-order valence-electron chi connectivity index (χ4n) is 1.68. The van der Waals surface area contributed by atoms with Gasteiger partial charge in [-0.25, -0.2) is 4.79 Å². The van der Waals surface area contributed by atoms with E-state index < -0.39 is 6.09 Å². The molecule has 0 aromatic heterocycles. The molecule has 0 fully saturated rings. The van der Waals surface area contributed by atoms with Crippen molar-refractivity contribution < 1.29 is 9.90 Å². The molecule has 0 unspecified atom stereocenters. The molecule has 0 atom stereocenters. The lowest BCUT2D eigenvalue weighted by molar-refractivity contribution is 0.143. The van der Waals surface area contributed by atoms with Gasteiger partial charge >= 0.3 is 6.09 Å². The number of carbonyl (C=O) groups is 1. The molecule has 1 amide bonds. The van der Waals surface area contributed by atoms with Crippen LogP contribution in [-0.4, -0.2) is 29.2 Å². The van der Waals surface area contributed by atoms with Crippen LogP contribution < -0.4 is 0 Å². The van der Waals surface area contributed by atoms with Crippen LogP contribution in [0, 0.1) is 5.92 Å². The number of unbranched alkanes of at least 4 members (excludes halogenated alkanes) is 3. The third-order valence-electron chi connectivity index (χ3n) is 2.76. The quantitative estimate of drug-likeness (QED) is 0.607. The first-order valence-electron chi connectivity index (χ1n) is 6.55. The summed E-state index contributed by atoms with van der Waals surface area (Å²) >= 11 is 0. The Balaban J connectivity index is 3.56. The van der Waals surface area contributed by atoms with E-state index in [9.17, 15) is 4.79 Å². The maximum atomic E-state index is 10.9. The molecule has 3 nitrogen and oxygen atoms in total. The van der Waals surface area contributed by atoms with E-state index in [2.05, 4.69) is 20.8 Å². The minimum atomic E-state index is -0.766. The van der Waals surface area contributed by atoms with Crippen LogP contribution in [0.3, 0.4) is 0 Å². The van der Waals surface area contributed by atoms with Crippen molar-refractivity contribution in [2.75, 3.05) is 13.1 Å². The monoisotopic (exact) mass is 229 g/mol. The number of rotatable bonds is 9. The molecule has 0 saturated carbocycles. The van der Waals surface area contributed by atoms with Crippen molar-refractivity contribution in [3.05, 3.63) is 0 Å². The summed E-state index contributed by atoms with van der Waals surface area (Å²) in [5.74, 6) is 0.760. The third kappa shape index (κ3) is 8.57. The first-order valence-corrected chi connectivity index (χ1v) is 6.55. The van der Waals surface area contributed by atoms with Gasteiger partial charge in [0.15, 0.2) is 0 Å². The lowest BCUT2D eigenvalue weighted by Crippen LogP contribution is -2.31. The van der Waals surface area contributed by atoms with Gasteiger partial charge in [-0.15, -0.1) is 0 Å². The summed E-state index contributed by atoms with van der Waals surface area (Å²) in [6.45, 7) is 7.93. The summed E-state index contributed by atoms with van der Waals surface area (Å²) in [7, 11) is 0. The van der Waals surface area contributed by atoms with E-state index in [1.807, 2.05) is 0 Å². The fraction of sp³-hybridized carbons (Fsp3) is 0.923. The van der Waals surface area contributed by atoms with Crippen LogP contribution in [-0.2, 0) is 0 Å². The van der Waals surface area contributed by atoms with Crippen molar-refractivity contribution in [1.29, 1.82) is 0 Å². The molecule has 0 rings (SSSR count). The molecule has 0 spiro atoms. The molecule has 1 N–H and O–H groups in total. The van der Waals surface area contributed by atoms with Gasteiger partial charge in [-0.3, -0.25) is 0 Å². The lowest BCUT2D eigenvalue weighted by atomic mass is 10.1. The number of nitrogens with zero attached hydrogens (tertiary/aromatic N) is 1. The standard InChI is InChI=1S/C13H27NO2/c1-4-5-10-14(13(15)16)11-8-6-7-9-12(2)3/h12H,4-11H2,1-3H3,(H,15,16). The Kier molecular flexibility index (Phi) is 9.06. The van der Waals surface area contributed by atoms with Gasteiger partial charge in [-0.1, -0.05) is 46.5 Å². The van der Waals surface area contributed by atoms with Gasteiger partial charge in [0.25, 0.3) is 0 Å². The van der Waals surface area contributed by atoms with Gasteiger partial charge in [0.1, 0.15) is 0 Å². The second-order valence-corrected chi connectivity index (χ2v) is 4.87. The number of hydrogen-bond donors (Lipinski definition) is 1. The van der Waals surface area contributed by atoms with Gasteiger partial charge < -0.3 is 10.0 Å². The summed E-state index contributed by atoms with van der Waals surface area (Å²) < 4.78 is 0. The lowest BCUT2D eigenvalue weighted by Gasteiger charge is -2.18. The third-order valence-corrected chi connectivity index (χ3v) is 2.76. The molecule has 0 aliphatic rings. The normalized spacial score (nSPS) is 10.8. The van der Waals surface area contributed by atoms with E-state index in [1.54, 1.807) is 4.90 Å². The molecule has 3 heteroatoms. The topological polar surface area (TPSA) is 40.5 Å². The smallest absolute Gasteiger partial charge is 0.407 e. The summed E-state index contributed by atoms with van der Waals surface area (Å²) in [5.41, 5.74) is 0. The summed E-state index contributed by atoms with van der Waals surface area (Å²) in [5, 5.41) is 8.97. The highest BCUT2D eigenvalue weighted by Crippen LogP contribution is 2.09.